The lowest BCUT2D eigenvalue weighted by molar-refractivity contribution is -0.192. The SMILES string of the molecule is Cc1ccccc1NC(=O)N1C[C@H]2C[C@H](C(=O)N3CCN(C)CC3)[C@@H](C1)O2.O=C(O)C(F)(F)F. The molecule has 3 aliphatic rings. The number of urea groups is 1. The minimum absolute atomic E-state index is 0.0483. The Morgan fingerprint density at radius 2 is 1.68 bits per heavy atom. The molecule has 2 N–H and O–H groups in total. The Morgan fingerprint density at radius 1 is 1.06 bits per heavy atom. The maximum absolute atomic E-state index is 13.0. The summed E-state index contributed by atoms with van der Waals surface area (Å²) in [5, 5.41) is 10.1. The molecule has 2 bridgehead atoms. The predicted molar refractivity (Wildman–Crippen MR) is 116 cm³/mol. The van der Waals surface area contributed by atoms with Gasteiger partial charge in [-0.1, -0.05) is 18.2 Å². The molecular weight excluding hydrogens is 457 g/mol. The fourth-order valence-electron chi connectivity index (χ4n) is 4.25. The number of nitrogens with one attached hydrogen (secondary N) is 1. The van der Waals surface area contributed by atoms with Crippen molar-refractivity contribution in [1.82, 2.24) is 14.7 Å². The Balaban J connectivity index is 0.000000406. The maximum atomic E-state index is 13.0. The lowest BCUT2D eigenvalue weighted by Crippen LogP contribution is -2.52. The summed E-state index contributed by atoms with van der Waals surface area (Å²) >= 11 is 0. The molecule has 3 fully saturated rings. The molecule has 3 amide bonds. The van der Waals surface area contributed by atoms with Gasteiger partial charge in [0, 0.05) is 45.0 Å². The summed E-state index contributed by atoms with van der Waals surface area (Å²) in [5.41, 5.74) is 1.86. The van der Waals surface area contributed by atoms with Crippen molar-refractivity contribution in [3.63, 3.8) is 0 Å². The smallest absolute Gasteiger partial charge is 0.475 e. The van der Waals surface area contributed by atoms with E-state index in [1.807, 2.05) is 36.1 Å². The first kappa shape index (κ1) is 25.8. The molecule has 3 aliphatic heterocycles. The number of fused-ring (bicyclic) bond motifs is 2. The summed E-state index contributed by atoms with van der Waals surface area (Å²) in [6, 6.07) is 7.63. The molecule has 0 radical (unpaired) electrons. The number of para-hydroxylation sites is 1. The van der Waals surface area contributed by atoms with Crippen molar-refractivity contribution in [2.75, 3.05) is 51.6 Å². The van der Waals surface area contributed by atoms with Crippen LogP contribution < -0.4 is 5.32 Å². The van der Waals surface area contributed by atoms with Crippen LogP contribution in [0.2, 0.25) is 0 Å². The minimum atomic E-state index is -5.08. The quantitative estimate of drug-likeness (QED) is 0.663. The summed E-state index contributed by atoms with van der Waals surface area (Å²) in [6.07, 6.45) is -4.62. The highest BCUT2D eigenvalue weighted by molar-refractivity contribution is 5.90. The molecule has 1 aromatic rings. The molecule has 0 saturated carbocycles. The lowest BCUT2D eigenvalue weighted by atomic mass is 9.98. The minimum Gasteiger partial charge on any atom is -0.475 e. The van der Waals surface area contributed by atoms with E-state index >= 15 is 0 Å². The van der Waals surface area contributed by atoms with E-state index in [2.05, 4.69) is 17.3 Å². The van der Waals surface area contributed by atoms with Crippen LogP contribution in [0.25, 0.3) is 0 Å². The molecule has 3 atom stereocenters. The first-order valence-corrected chi connectivity index (χ1v) is 11.0. The predicted octanol–water partition coefficient (Wildman–Crippen LogP) is 2.02. The van der Waals surface area contributed by atoms with Gasteiger partial charge < -0.3 is 29.9 Å². The Kier molecular flexibility index (Phi) is 8.03. The van der Waals surface area contributed by atoms with Crippen molar-refractivity contribution >= 4 is 23.6 Å². The lowest BCUT2D eigenvalue weighted by Gasteiger charge is -2.36. The molecule has 1 aromatic carbocycles. The van der Waals surface area contributed by atoms with E-state index < -0.39 is 12.1 Å². The van der Waals surface area contributed by atoms with Gasteiger partial charge in [-0.2, -0.15) is 13.2 Å². The molecule has 0 unspecified atom stereocenters. The van der Waals surface area contributed by atoms with Gasteiger partial charge >= 0.3 is 18.2 Å². The van der Waals surface area contributed by atoms with Crippen molar-refractivity contribution in [3.8, 4) is 0 Å². The average Bonchev–Trinajstić information content (AvgIpc) is 3.08. The molecular formula is C22H29F3N4O5. The zero-order chi connectivity index (χ0) is 25.0. The third-order valence-electron chi connectivity index (χ3n) is 6.21. The maximum Gasteiger partial charge on any atom is 0.490 e. The van der Waals surface area contributed by atoms with E-state index in [0.29, 0.717) is 19.5 Å². The van der Waals surface area contributed by atoms with E-state index in [9.17, 15) is 22.8 Å². The monoisotopic (exact) mass is 486 g/mol. The highest BCUT2D eigenvalue weighted by Gasteiger charge is 2.47. The number of rotatable bonds is 2. The molecule has 9 nitrogen and oxygen atoms in total. The van der Waals surface area contributed by atoms with Crippen molar-refractivity contribution in [1.29, 1.82) is 0 Å². The van der Waals surface area contributed by atoms with Crippen molar-refractivity contribution in [3.05, 3.63) is 29.8 Å². The topological polar surface area (TPSA) is 102 Å². The van der Waals surface area contributed by atoms with Gasteiger partial charge in [0.25, 0.3) is 0 Å². The van der Waals surface area contributed by atoms with Crippen LogP contribution in [0.1, 0.15) is 12.0 Å². The summed E-state index contributed by atoms with van der Waals surface area (Å²) in [4.78, 5) is 40.6. The third kappa shape index (κ3) is 6.38. The number of aryl methyl sites for hydroxylation is 1. The Labute approximate surface area is 195 Å². The number of morpholine rings is 1. The molecule has 0 aliphatic carbocycles. The molecule has 0 spiro atoms. The average molecular weight is 486 g/mol. The van der Waals surface area contributed by atoms with Gasteiger partial charge in [-0.05, 0) is 32.0 Å². The van der Waals surface area contributed by atoms with Gasteiger partial charge in [0.15, 0.2) is 0 Å². The standard InChI is InChI=1S/C20H28N4O3.C2HF3O2/c1-14-5-3-4-6-17(14)21-20(26)24-12-15-11-16(18(13-24)27-15)19(25)23-9-7-22(2)8-10-23;3-2(4,5)1(6)7/h3-6,15-16,18H,7-13H2,1-2H3,(H,21,26);(H,6,7)/t15-,16+,18-;/m1./s1. The van der Waals surface area contributed by atoms with Gasteiger partial charge in [-0.25, -0.2) is 9.59 Å². The molecule has 34 heavy (non-hydrogen) atoms. The number of benzene rings is 1. The zero-order valence-electron chi connectivity index (χ0n) is 19.0. The van der Waals surface area contributed by atoms with Crippen molar-refractivity contribution in [2.24, 2.45) is 5.92 Å². The van der Waals surface area contributed by atoms with Gasteiger partial charge in [0.2, 0.25) is 5.91 Å². The Hall–Kier alpha value is -2.86. The Bertz CT molecular complexity index is 905. The number of alkyl halides is 3. The van der Waals surface area contributed by atoms with Crippen LogP contribution in [0.5, 0.6) is 0 Å². The first-order chi connectivity index (χ1) is 16.0. The first-order valence-electron chi connectivity index (χ1n) is 11.0. The van der Waals surface area contributed by atoms with Crippen LogP contribution in [-0.2, 0) is 14.3 Å². The number of nitrogens with zero attached hydrogens (tertiary/aromatic N) is 3. The van der Waals surface area contributed by atoms with Crippen LogP contribution in [0.15, 0.2) is 24.3 Å². The van der Waals surface area contributed by atoms with Gasteiger partial charge in [-0.3, -0.25) is 4.79 Å². The normalized spacial score (nSPS) is 24.8. The Morgan fingerprint density at radius 3 is 2.26 bits per heavy atom. The number of carboxylic acid groups (broad SMARTS) is 1. The number of likely N-dealkylation sites (tertiary alicyclic amines) is 1. The van der Waals surface area contributed by atoms with Gasteiger partial charge in [0.05, 0.1) is 18.1 Å². The second-order valence-electron chi connectivity index (χ2n) is 8.72. The number of halogens is 3. The van der Waals surface area contributed by atoms with E-state index in [1.165, 1.54) is 0 Å². The second-order valence-corrected chi connectivity index (χ2v) is 8.72. The van der Waals surface area contributed by atoms with Crippen LogP contribution >= 0.6 is 0 Å². The van der Waals surface area contributed by atoms with E-state index in [4.69, 9.17) is 14.6 Å². The number of aliphatic carboxylic acids is 1. The van der Waals surface area contributed by atoms with Crippen LogP contribution in [0, 0.1) is 12.8 Å². The third-order valence-corrected chi connectivity index (χ3v) is 6.21. The second kappa shape index (κ2) is 10.6. The number of carboxylic acids is 1. The summed E-state index contributed by atoms with van der Waals surface area (Å²) in [7, 11) is 2.08. The fraction of sp³-hybridized carbons (Fsp3) is 0.591. The summed E-state index contributed by atoms with van der Waals surface area (Å²) in [6.45, 7) is 6.38. The number of hydrogen-bond acceptors (Lipinski definition) is 5. The number of likely N-dealkylation sites (N-methyl/N-ethyl adjacent to an activating group) is 1. The molecule has 12 heteroatoms. The number of ether oxygens (including phenoxy) is 1. The number of amides is 3. The summed E-state index contributed by atoms with van der Waals surface area (Å²) < 4.78 is 37.8. The number of carbonyl (C=O) groups excluding carboxylic acids is 2. The zero-order valence-corrected chi connectivity index (χ0v) is 19.0. The van der Waals surface area contributed by atoms with Crippen molar-refractivity contribution in [2.45, 2.75) is 31.7 Å². The highest BCUT2D eigenvalue weighted by atomic mass is 19.4. The van der Waals surface area contributed by atoms with Gasteiger partial charge in [-0.15, -0.1) is 0 Å². The number of piperazine rings is 1. The molecule has 3 heterocycles. The number of anilines is 1. The molecule has 4 rings (SSSR count). The van der Waals surface area contributed by atoms with Crippen LogP contribution in [0.3, 0.4) is 0 Å². The fourth-order valence-corrected chi connectivity index (χ4v) is 4.25. The number of carbonyl (C=O) groups is 3. The van der Waals surface area contributed by atoms with Crippen molar-refractivity contribution < 1.29 is 37.4 Å². The van der Waals surface area contributed by atoms with E-state index in [-0.39, 0.29) is 30.1 Å². The van der Waals surface area contributed by atoms with Crippen LogP contribution in [-0.4, -0.2) is 102 Å². The number of hydrogen-bond donors (Lipinski definition) is 2. The molecule has 0 aromatic heterocycles. The van der Waals surface area contributed by atoms with Crippen LogP contribution in [0.4, 0.5) is 23.7 Å². The highest BCUT2D eigenvalue weighted by Crippen LogP contribution is 2.33. The molecule has 188 valence electrons. The van der Waals surface area contributed by atoms with E-state index in [0.717, 1.165) is 37.4 Å². The van der Waals surface area contributed by atoms with Gasteiger partial charge in [0.1, 0.15) is 0 Å². The largest absolute Gasteiger partial charge is 0.490 e. The summed E-state index contributed by atoms with van der Waals surface area (Å²) in [5.74, 6) is -2.70. The van der Waals surface area contributed by atoms with E-state index in [1.54, 1.807) is 4.90 Å². The molecule has 3 saturated heterocycles.